The van der Waals surface area contributed by atoms with E-state index in [9.17, 15) is 4.79 Å². The van der Waals surface area contributed by atoms with Crippen molar-refractivity contribution >= 4 is 16.8 Å². The molecule has 1 atom stereocenters. The van der Waals surface area contributed by atoms with E-state index < -0.39 is 0 Å². The lowest BCUT2D eigenvalue weighted by Gasteiger charge is -2.18. The fourth-order valence-corrected chi connectivity index (χ4v) is 2.72. The number of rotatable bonds is 5. The summed E-state index contributed by atoms with van der Waals surface area (Å²) >= 11 is 0. The number of ether oxygens (including phenoxy) is 1. The highest BCUT2D eigenvalue weighted by Gasteiger charge is 2.17. The van der Waals surface area contributed by atoms with E-state index in [1.807, 2.05) is 61.5 Å². The maximum atomic E-state index is 12.9. The maximum Gasteiger partial charge on any atom is 0.252 e. The molecule has 1 N–H and O–H groups in total. The van der Waals surface area contributed by atoms with E-state index in [-0.39, 0.29) is 11.9 Å². The van der Waals surface area contributed by atoms with Crippen LogP contribution in [0.5, 0.6) is 5.75 Å². The summed E-state index contributed by atoms with van der Waals surface area (Å²) in [7, 11) is 1.64. The molecule has 0 saturated heterocycles. The highest BCUT2D eigenvalue weighted by Crippen LogP contribution is 2.26. The predicted molar refractivity (Wildman–Crippen MR) is 105 cm³/mol. The van der Waals surface area contributed by atoms with Gasteiger partial charge in [0, 0.05) is 17.0 Å². The lowest BCUT2D eigenvalue weighted by molar-refractivity contribution is 0.0932. The van der Waals surface area contributed by atoms with Gasteiger partial charge in [-0.25, -0.2) is 4.98 Å². The first-order chi connectivity index (χ1) is 12.5. The number of pyridine rings is 1. The summed E-state index contributed by atoms with van der Waals surface area (Å²) in [4.78, 5) is 17.6. The van der Waals surface area contributed by atoms with Crippen LogP contribution in [-0.2, 0) is 0 Å². The molecule has 1 unspecified atom stereocenters. The van der Waals surface area contributed by atoms with E-state index in [0.29, 0.717) is 11.5 Å². The molecule has 26 heavy (non-hydrogen) atoms. The molecule has 0 aliphatic rings. The molecule has 0 saturated carbocycles. The van der Waals surface area contributed by atoms with Gasteiger partial charge < -0.3 is 10.1 Å². The number of amides is 1. The number of benzene rings is 2. The molecule has 1 heterocycles. The first-order valence-corrected chi connectivity index (χ1v) is 8.84. The molecule has 1 aromatic heterocycles. The summed E-state index contributed by atoms with van der Waals surface area (Å²) in [5.41, 5.74) is 3.17. The van der Waals surface area contributed by atoms with Crippen molar-refractivity contribution in [3.63, 3.8) is 0 Å². The molecule has 3 aromatic rings. The van der Waals surface area contributed by atoms with Gasteiger partial charge >= 0.3 is 0 Å². The fourth-order valence-electron chi connectivity index (χ4n) is 2.72. The molecule has 0 aliphatic heterocycles. The average molecular weight is 348 g/mol. The number of nitrogens with zero attached hydrogens (tertiary/aromatic N) is 1. The van der Waals surface area contributed by atoms with Gasteiger partial charge in [0.15, 0.2) is 0 Å². The molecule has 0 aliphatic carbocycles. The van der Waals surface area contributed by atoms with Crippen LogP contribution < -0.4 is 10.1 Å². The second-order valence-electron chi connectivity index (χ2n) is 6.81. The van der Waals surface area contributed by atoms with Gasteiger partial charge in [0.25, 0.3) is 5.91 Å². The molecule has 2 aromatic carbocycles. The summed E-state index contributed by atoms with van der Waals surface area (Å²) < 4.78 is 5.22. The summed E-state index contributed by atoms with van der Waals surface area (Å²) in [5, 5.41) is 3.96. The topological polar surface area (TPSA) is 51.2 Å². The fraction of sp³-hybridized carbons (Fsp3) is 0.273. The molecule has 0 bridgehead atoms. The zero-order chi connectivity index (χ0) is 18.7. The Balaban J connectivity index is 2.07. The van der Waals surface area contributed by atoms with Gasteiger partial charge in [0.05, 0.1) is 23.9 Å². The van der Waals surface area contributed by atoms with Crippen LogP contribution in [0.1, 0.15) is 31.1 Å². The highest BCUT2D eigenvalue weighted by atomic mass is 16.5. The van der Waals surface area contributed by atoms with E-state index in [1.165, 1.54) is 0 Å². The summed E-state index contributed by atoms with van der Waals surface area (Å²) in [5.74, 6) is 1.09. The largest absolute Gasteiger partial charge is 0.497 e. The third-order valence-electron chi connectivity index (χ3n) is 4.71. The Morgan fingerprint density at radius 2 is 1.73 bits per heavy atom. The Morgan fingerprint density at radius 1 is 1.04 bits per heavy atom. The van der Waals surface area contributed by atoms with Crippen LogP contribution in [0.2, 0.25) is 0 Å². The average Bonchev–Trinajstić information content (AvgIpc) is 2.67. The number of methoxy groups -OCH3 is 1. The van der Waals surface area contributed by atoms with Gasteiger partial charge in [-0.3, -0.25) is 4.79 Å². The molecular weight excluding hydrogens is 324 g/mol. The molecule has 4 nitrogen and oxygen atoms in total. The van der Waals surface area contributed by atoms with Crippen molar-refractivity contribution in [1.82, 2.24) is 10.3 Å². The van der Waals surface area contributed by atoms with Crippen LogP contribution in [0.15, 0.2) is 54.6 Å². The van der Waals surface area contributed by atoms with Crippen molar-refractivity contribution in [2.45, 2.75) is 26.8 Å². The molecule has 1 amide bonds. The summed E-state index contributed by atoms with van der Waals surface area (Å²) in [6.07, 6.45) is 0. The summed E-state index contributed by atoms with van der Waals surface area (Å²) in [6.45, 7) is 6.22. The number of nitrogens with one attached hydrogen (secondary N) is 1. The molecule has 134 valence electrons. The third-order valence-corrected chi connectivity index (χ3v) is 4.71. The molecule has 4 heteroatoms. The Bertz CT molecular complexity index is 917. The smallest absolute Gasteiger partial charge is 0.252 e. The predicted octanol–water partition coefficient (Wildman–Crippen LogP) is 4.68. The minimum atomic E-state index is -0.0699. The van der Waals surface area contributed by atoms with Crippen molar-refractivity contribution in [2.75, 3.05) is 7.11 Å². The number of hydrogen-bond donors (Lipinski definition) is 1. The number of carbonyl (C=O) groups excluding carboxylic acids is 1. The van der Waals surface area contributed by atoms with Gasteiger partial charge in [-0.15, -0.1) is 0 Å². The third kappa shape index (κ3) is 3.69. The molecule has 0 spiro atoms. The summed E-state index contributed by atoms with van der Waals surface area (Å²) in [6, 6.07) is 17.4. The molecular formula is C22H24N2O2. The Morgan fingerprint density at radius 3 is 2.38 bits per heavy atom. The number of aromatic nitrogens is 1. The van der Waals surface area contributed by atoms with Gasteiger partial charge in [-0.2, -0.15) is 0 Å². The van der Waals surface area contributed by atoms with Gasteiger partial charge in [0.2, 0.25) is 0 Å². The lowest BCUT2D eigenvalue weighted by atomic mass is 10.0. The standard InChI is InChI=1S/C22H24N2O2/c1-14(2)15(3)23-22(25)19-13-21(16-9-11-17(26-4)12-10-16)24-20-8-6-5-7-18(19)20/h5-15H,1-4H3,(H,23,25). The Kier molecular flexibility index (Phi) is 5.21. The van der Waals surface area contributed by atoms with Crippen molar-refractivity contribution in [2.24, 2.45) is 5.92 Å². The Hall–Kier alpha value is -2.88. The molecule has 0 radical (unpaired) electrons. The highest BCUT2D eigenvalue weighted by molar-refractivity contribution is 6.07. The SMILES string of the molecule is COc1ccc(-c2cc(C(=O)NC(C)C(C)C)c3ccccc3n2)cc1. The maximum absolute atomic E-state index is 12.9. The molecule has 3 rings (SSSR count). The lowest BCUT2D eigenvalue weighted by Crippen LogP contribution is -2.36. The first-order valence-electron chi connectivity index (χ1n) is 8.84. The van der Waals surface area contributed by atoms with E-state index >= 15 is 0 Å². The van der Waals surface area contributed by atoms with Gasteiger partial charge in [-0.1, -0.05) is 32.0 Å². The minimum absolute atomic E-state index is 0.0699. The van der Waals surface area contributed by atoms with Crippen LogP contribution in [-0.4, -0.2) is 24.0 Å². The number of para-hydroxylation sites is 1. The minimum Gasteiger partial charge on any atom is -0.497 e. The van der Waals surface area contributed by atoms with E-state index in [0.717, 1.165) is 27.9 Å². The van der Waals surface area contributed by atoms with Crippen molar-refractivity contribution in [3.05, 3.63) is 60.2 Å². The van der Waals surface area contributed by atoms with Crippen LogP contribution in [0.4, 0.5) is 0 Å². The van der Waals surface area contributed by atoms with E-state index in [1.54, 1.807) is 7.11 Å². The van der Waals surface area contributed by atoms with Crippen LogP contribution in [0.3, 0.4) is 0 Å². The van der Waals surface area contributed by atoms with Gasteiger partial charge in [0.1, 0.15) is 5.75 Å². The monoisotopic (exact) mass is 348 g/mol. The molecule has 0 fully saturated rings. The van der Waals surface area contributed by atoms with Crippen LogP contribution >= 0.6 is 0 Å². The second-order valence-corrected chi connectivity index (χ2v) is 6.81. The van der Waals surface area contributed by atoms with Crippen molar-refractivity contribution < 1.29 is 9.53 Å². The van der Waals surface area contributed by atoms with Crippen LogP contribution in [0, 0.1) is 5.92 Å². The van der Waals surface area contributed by atoms with Crippen molar-refractivity contribution in [3.8, 4) is 17.0 Å². The number of fused-ring (bicyclic) bond motifs is 1. The first kappa shape index (κ1) is 17.9. The quantitative estimate of drug-likeness (QED) is 0.728. The van der Waals surface area contributed by atoms with Crippen molar-refractivity contribution in [1.29, 1.82) is 0 Å². The normalized spacial score (nSPS) is 12.2. The second kappa shape index (κ2) is 7.56. The Labute approximate surface area is 154 Å². The zero-order valence-electron chi connectivity index (χ0n) is 15.6. The van der Waals surface area contributed by atoms with E-state index in [2.05, 4.69) is 19.2 Å². The zero-order valence-corrected chi connectivity index (χ0v) is 15.6. The number of hydrogen-bond acceptors (Lipinski definition) is 3. The van der Waals surface area contributed by atoms with Crippen LogP contribution in [0.25, 0.3) is 22.2 Å². The number of carbonyl (C=O) groups is 1. The van der Waals surface area contributed by atoms with Gasteiger partial charge in [-0.05, 0) is 49.2 Å². The van der Waals surface area contributed by atoms with E-state index in [4.69, 9.17) is 9.72 Å².